The van der Waals surface area contributed by atoms with Crippen LogP contribution in [0.5, 0.6) is 0 Å². The van der Waals surface area contributed by atoms with E-state index >= 15 is 0 Å². The molecule has 0 aliphatic carbocycles. The van der Waals surface area contributed by atoms with Crippen LogP contribution in [-0.4, -0.2) is 46.7 Å². The lowest BCUT2D eigenvalue weighted by Crippen LogP contribution is -2.39. The van der Waals surface area contributed by atoms with Crippen molar-refractivity contribution >= 4 is 16.9 Å². The Hall–Kier alpha value is -2.09. The molecule has 2 aromatic heterocycles. The minimum absolute atomic E-state index is 0.135. The molecule has 2 aromatic rings. The summed E-state index contributed by atoms with van der Waals surface area (Å²) in [5.41, 5.74) is 2.52. The second kappa shape index (κ2) is 7.65. The van der Waals surface area contributed by atoms with Gasteiger partial charge < -0.3 is 9.73 Å². The fourth-order valence-corrected chi connectivity index (χ4v) is 3.14. The molecule has 0 atom stereocenters. The molecule has 3 rings (SSSR count). The third kappa shape index (κ3) is 4.75. The van der Waals surface area contributed by atoms with Gasteiger partial charge in [-0.1, -0.05) is 11.6 Å². The third-order valence-electron chi connectivity index (χ3n) is 4.61. The van der Waals surface area contributed by atoms with Crippen molar-refractivity contribution in [2.75, 3.05) is 25.0 Å². The number of halogens is 3. The van der Waals surface area contributed by atoms with Gasteiger partial charge in [0.1, 0.15) is 6.42 Å². The second-order valence-electron chi connectivity index (χ2n) is 6.74. The van der Waals surface area contributed by atoms with Crippen molar-refractivity contribution in [1.29, 1.82) is 0 Å². The predicted molar refractivity (Wildman–Crippen MR) is 94.1 cm³/mol. The molecule has 0 saturated carbocycles. The fourth-order valence-electron chi connectivity index (χ4n) is 3.14. The first kappa shape index (κ1) is 18.7. The highest BCUT2D eigenvalue weighted by atomic mass is 19.4. The van der Waals surface area contributed by atoms with Crippen LogP contribution >= 0.6 is 0 Å². The van der Waals surface area contributed by atoms with Gasteiger partial charge in [0, 0.05) is 31.9 Å². The maximum atomic E-state index is 12.6. The summed E-state index contributed by atoms with van der Waals surface area (Å²) < 4.78 is 42.8. The van der Waals surface area contributed by atoms with E-state index in [1.165, 1.54) is 11.8 Å². The quantitative estimate of drug-likeness (QED) is 0.803. The Bertz CT molecular complexity index is 776. The monoisotopic (exact) mass is 368 g/mol. The van der Waals surface area contributed by atoms with Crippen LogP contribution in [0.25, 0.3) is 11.2 Å². The maximum Gasteiger partial charge on any atom is 0.397 e. The molecule has 1 N–H and O–H groups in total. The summed E-state index contributed by atoms with van der Waals surface area (Å²) in [6.45, 7) is 7.11. The number of aromatic nitrogens is 2. The second-order valence-corrected chi connectivity index (χ2v) is 6.74. The number of pyridine rings is 1. The van der Waals surface area contributed by atoms with Crippen molar-refractivity contribution in [2.24, 2.45) is 0 Å². The highest BCUT2D eigenvalue weighted by Gasteiger charge is 2.31. The Morgan fingerprint density at radius 3 is 2.77 bits per heavy atom. The van der Waals surface area contributed by atoms with E-state index in [-0.39, 0.29) is 17.6 Å². The molecule has 142 valence electrons. The minimum Gasteiger partial charge on any atom is -0.422 e. The molecule has 1 aliphatic heterocycles. The Morgan fingerprint density at radius 2 is 2.12 bits per heavy atom. The number of oxazole rings is 1. The van der Waals surface area contributed by atoms with Gasteiger partial charge in [-0.15, -0.1) is 0 Å². The number of allylic oxidation sites excluding steroid dienone is 1. The minimum atomic E-state index is -4.35. The van der Waals surface area contributed by atoms with E-state index in [4.69, 9.17) is 4.42 Å². The van der Waals surface area contributed by atoms with Crippen LogP contribution in [0.2, 0.25) is 0 Å². The maximum absolute atomic E-state index is 12.6. The van der Waals surface area contributed by atoms with Gasteiger partial charge >= 0.3 is 6.18 Å². The first-order valence-electron chi connectivity index (χ1n) is 8.76. The zero-order valence-corrected chi connectivity index (χ0v) is 14.9. The molecular weight excluding hydrogens is 345 g/mol. The van der Waals surface area contributed by atoms with Crippen molar-refractivity contribution in [3.63, 3.8) is 0 Å². The Balaban J connectivity index is 1.66. The average Bonchev–Trinajstić information content (AvgIpc) is 2.98. The molecule has 0 aromatic carbocycles. The number of rotatable bonds is 5. The lowest BCUT2D eigenvalue weighted by molar-refractivity contribution is -0.130. The molecule has 0 radical (unpaired) electrons. The molecule has 3 heterocycles. The van der Waals surface area contributed by atoms with Crippen molar-refractivity contribution < 1.29 is 17.6 Å². The number of nitrogens with zero attached hydrogens (tertiary/aromatic N) is 3. The van der Waals surface area contributed by atoms with E-state index in [1.807, 2.05) is 6.92 Å². The smallest absolute Gasteiger partial charge is 0.397 e. The first-order chi connectivity index (χ1) is 12.3. The summed E-state index contributed by atoms with van der Waals surface area (Å²) >= 11 is 0. The standard InChI is InChI=1S/C18H23F3N4O/c1-3-12(2)11-25-8-5-13(6-9-25)23-14-4-7-22-17-16(14)24-15(26-17)10-18(19,20)21/h3-4,7,13H,5-6,8-11H2,1-2H3,(H,22,23)/b12-3+. The number of anilines is 1. The lowest BCUT2D eigenvalue weighted by Gasteiger charge is -2.33. The first-order valence-corrected chi connectivity index (χ1v) is 8.76. The van der Waals surface area contributed by atoms with Crippen LogP contribution in [0.4, 0.5) is 18.9 Å². The Morgan fingerprint density at radius 1 is 1.38 bits per heavy atom. The number of hydrogen-bond donors (Lipinski definition) is 1. The molecule has 1 fully saturated rings. The molecule has 8 heteroatoms. The molecule has 5 nitrogen and oxygen atoms in total. The number of fused-ring (bicyclic) bond motifs is 1. The molecule has 0 amide bonds. The molecule has 26 heavy (non-hydrogen) atoms. The van der Waals surface area contributed by atoms with Crippen LogP contribution < -0.4 is 5.32 Å². The molecule has 1 saturated heterocycles. The van der Waals surface area contributed by atoms with Crippen LogP contribution in [0.15, 0.2) is 28.3 Å². The van der Waals surface area contributed by atoms with Gasteiger partial charge in [-0.2, -0.15) is 13.2 Å². The van der Waals surface area contributed by atoms with Gasteiger partial charge in [-0.3, -0.25) is 4.90 Å². The number of alkyl halides is 3. The van der Waals surface area contributed by atoms with Gasteiger partial charge in [0.2, 0.25) is 11.6 Å². The van der Waals surface area contributed by atoms with Crippen molar-refractivity contribution in [3.05, 3.63) is 29.8 Å². The van der Waals surface area contributed by atoms with Crippen LogP contribution in [0, 0.1) is 0 Å². The summed E-state index contributed by atoms with van der Waals surface area (Å²) in [5.74, 6) is -0.356. The van der Waals surface area contributed by atoms with E-state index < -0.39 is 12.6 Å². The van der Waals surface area contributed by atoms with Crippen molar-refractivity contribution in [1.82, 2.24) is 14.9 Å². The molecule has 1 aliphatic rings. The van der Waals surface area contributed by atoms with Gasteiger partial charge in [0.25, 0.3) is 0 Å². The number of hydrogen-bond acceptors (Lipinski definition) is 5. The Labute approximate surface area is 150 Å². The van der Waals surface area contributed by atoms with E-state index in [9.17, 15) is 13.2 Å². The van der Waals surface area contributed by atoms with Gasteiger partial charge in [-0.25, -0.2) is 9.97 Å². The fraction of sp³-hybridized carbons (Fsp3) is 0.556. The molecular formula is C18H23F3N4O. The van der Waals surface area contributed by atoms with Crippen LogP contribution in [-0.2, 0) is 6.42 Å². The Kier molecular flexibility index (Phi) is 5.50. The SMILES string of the molecule is C/C=C(\C)CN1CCC(Nc2ccnc3oc(CC(F)(F)F)nc23)CC1. The zero-order valence-electron chi connectivity index (χ0n) is 14.9. The van der Waals surface area contributed by atoms with Gasteiger partial charge in [-0.05, 0) is 32.8 Å². The van der Waals surface area contributed by atoms with Gasteiger partial charge in [0.15, 0.2) is 5.52 Å². The summed E-state index contributed by atoms with van der Waals surface area (Å²) in [5, 5.41) is 3.40. The third-order valence-corrected chi connectivity index (χ3v) is 4.61. The van der Waals surface area contributed by atoms with E-state index in [0.717, 1.165) is 32.5 Å². The largest absolute Gasteiger partial charge is 0.422 e. The summed E-state index contributed by atoms with van der Waals surface area (Å²) in [6.07, 6.45) is 0.0406. The zero-order chi connectivity index (χ0) is 18.7. The van der Waals surface area contributed by atoms with E-state index in [0.29, 0.717) is 11.2 Å². The summed E-state index contributed by atoms with van der Waals surface area (Å²) in [7, 11) is 0. The average molecular weight is 368 g/mol. The van der Waals surface area contributed by atoms with Crippen molar-refractivity contribution in [2.45, 2.75) is 45.3 Å². The predicted octanol–water partition coefficient (Wildman–Crippen LogP) is 4.17. The highest BCUT2D eigenvalue weighted by molar-refractivity contribution is 5.83. The lowest BCUT2D eigenvalue weighted by atomic mass is 10.0. The highest BCUT2D eigenvalue weighted by Crippen LogP contribution is 2.27. The number of nitrogens with one attached hydrogen (secondary N) is 1. The van der Waals surface area contributed by atoms with Gasteiger partial charge in [0.05, 0.1) is 5.69 Å². The van der Waals surface area contributed by atoms with E-state index in [1.54, 1.807) is 6.07 Å². The molecule has 0 unspecified atom stereocenters. The molecule has 0 bridgehead atoms. The normalized spacial score (nSPS) is 17.8. The van der Waals surface area contributed by atoms with Crippen LogP contribution in [0.3, 0.4) is 0 Å². The van der Waals surface area contributed by atoms with Crippen molar-refractivity contribution in [3.8, 4) is 0 Å². The summed E-state index contributed by atoms with van der Waals surface area (Å²) in [4.78, 5) is 10.4. The van der Waals surface area contributed by atoms with E-state index in [2.05, 4.69) is 33.2 Å². The summed E-state index contributed by atoms with van der Waals surface area (Å²) in [6, 6.07) is 1.99. The topological polar surface area (TPSA) is 54.2 Å². The number of piperidine rings is 1. The number of likely N-dealkylation sites (tertiary alicyclic amines) is 1. The molecule has 0 spiro atoms. The van der Waals surface area contributed by atoms with Crippen LogP contribution in [0.1, 0.15) is 32.6 Å².